The Bertz CT molecular complexity index is 1570. The molecule has 4 aromatic rings. The quantitative estimate of drug-likeness (QED) is 0.165. The van der Waals surface area contributed by atoms with Crippen LogP contribution in [-0.4, -0.2) is 30.2 Å². The largest absolute Gasteiger partial charge is 0.397 e. The average Bonchev–Trinajstić information content (AvgIpc) is 2.86. The summed E-state index contributed by atoms with van der Waals surface area (Å²) >= 11 is 7.12. The highest BCUT2D eigenvalue weighted by Crippen LogP contribution is 2.23. The average molecular weight is 640 g/mol. The van der Waals surface area contributed by atoms with Crippen LogP contribution in [0.25, 0.3) is 0 Å². The lowest BCUT2D eigenvalue weighted by Crippen LogP contribution is -2.16. The van der Waals surface area contributed by atoms with Crippen LogP contribution in [0.5, 0.6) is 0 Å². The summed E-state index contributed by atoms with van der Waals surface area (Å²) in [5.74, 6) is -2.24. The highest BCUT2D eigenvalue weighted by Gasteiger charge is 2.20. The lowest BCUT2D eigenvalue weighted by Gasteiger charge is -2.06. The van der Waals surface area contributed by atoms with E-state index in [9.17, 15) is 26.8 Å². The van der Waals surface area contributed by atoms with Crippen LogP contribution in [0.4, 0.5) is 20.2 Å². The van der Waals surface area contributed by atoms with E-state index in [-0.39, 0.29) is 38.4 Å². The summed E-state index contributed by atoms with van der Waals surface area (Å²) in [5, 5.41) is 0. The van der Waals surface area contributed by atoms with Crippen LogP contribution in [0.1, 0.15) is 21.0 Å². The van der Waals surface area contributed by atoms with Crippen molar-refractivity contribution in [1.82, 2.24) is 9.97 Å². The second-order valence-electron chi connectivity index (χ2n) is 7.36. The van der Waals surface area contributed by atoms with E-state index in [1.807, 2.05) is 0 Å². The number of primary amides is 2. The second-order valence-corrected chi connectivity index (χ2v) is 10.7. The number of nitrogen functional groups attached to an aromatic ring is 2. The summed E-state index contributed by atoms with van der Waals surface area (Å²) in [4.78, 5) is 29.4. The molecule has 10 nitrogen and oxygen atoms in total. The van der Waals surface area contributed by atoms with Gasteiger partial charge in [0.25, 0.3) is 11.8 Å². The Hall–Kier alpha value is -4.08. The minimum Gasteiger partial charge on any atom is -0.397 e. The fraction of sp³-hybridized carbons (Fsp3) is 0. The number of pyridine rings is 2. The SMILES string of the molecule is Fc1ccc(S)cc1.NC(=O)c1ncc(Br)cc1N.NC(=O)c1ncc(S(=O)(=O)c2ccc(F)cc2)cc1N. The Morgan fingerprint density at radius 1 is 0.744 bits per heavy atom. The minimum atomic E-state index is -3.88. The van der Waals surface area contributed by atoms with E-state index in [1.54, 1.807) is 18.2 Å². The van der Waals surface area contributed by atoms with Crippen LogP contribution in [0, 0.1) is 11.6 Å². The number of benzene rings is 2. The Labute approximate surface area is 235 Å². The van der Waals surface area contributed by atoms with E-state index in [1.165, 1.54) is 18.3 Å². The molecule has 15 heteroatoms. The molecule has 0 spiro atoms. The van der Waals surface area contributed by atoms with E-state index >= 15 is 0 Å². The van der Waals surface area contributed by atoms with Crippen molar-refractivity contribution >= 4 is 61.6 Å². The van der Waals surface area contributed by atoms with Crippen molar-refractivity contribution in [3.63, 3.8) is 0 Å². The molecule has 2 aromatic carbocycles. The molecule has 0 saturated heterocycles. The maximum Gasteiger partial charge on any atom is 0.269 e. The summed E-state index contributed by atoms with van der Waals surface area (Å²) in [6.45, 7) is 0. The van der Waals surface area contributed by atoms with Gasteiger partial charge in [-0.25, -0.2) is 27.2 Å². The molecule has 204 valence electrons. The molecule has 0 fully saturated rings. The monoisotopic (exact) mass is 638 g/mol. The van der Waals surface area contributed by atoms with E-state index < -0.39 is 27.5 Å². The first-order valence-electron chi connectivity index (χ1n) is 10.4. The molecule has 0 saturated carbocycles. The van der Waals surface area contributed by atoms with Crippen molar-refractivity contribution in [3.05, 3.63) is 101 Å². The Kier molecular flexibility index (Phi) is 10.9. The molecule has 0 aliphatic heterocycles. The minimum absolute atomic E-state index is 0.105. The van der Waals surface area contributed by atoms with Gasteiger partial charge in [0.05, 0.1) is 21.2 Å². The molecule has 8 N–H and O–H groups in total. The molecule has 4 rings (SSSR count). The molecule has 0 atom stereocenters. The van der Waals surface area contributed by atoms with Gasteiger partial charge in [-0.2, -0.15) is 0 Å². The Morgan fingerprint density at radius 2 is 1.18 bits per heavy atom. The predicted octanol–water partition coefficient (Wildman–Crippen LogP) is 3.37. The summed E-state index contributed by atoms with van der Waals surface area (Å²) in [7, 11) is -3.88. The van der Waals surface area contributed by atoms with Crippen molar-refractivity contribution in [3.8, 4) is 0 Å². The van der Waals surface area contributed by atoms with Gasteiger partial charge < -0.3 is 22.9 Å². The van der Waals surface area contributed by atoms with E-state index in [0.29, 0.717) is 0 Å². The number of hydrogen-bond acceptors (Lipinski definition) is 9. The van der Waals surface area contributed by atoms with Crippen molar-refractivity contribution < 1.29 is 26.8 Å². The van der Waals surface area contributed by atoms with Gasteiger partial charge in [-0.05, 0) is 76.6 Å². The lowest BCUT2D eigenvalue weighted by molar-refractivity contribution is 0.0988. The summed E-state index contributed by atoms with van der Waals surface area (Å²) in [6, 6.07) is 13.0. The third-order valence-electron chi connectivity index (χ3n) is 4.50. The molecule has 0 aliphatic carbocycles. The first-order chi connectivity index (χ1) is 18.2. The zero-order valence-electron chi connectivity index (χ0n) is 19.8. The fourth-order valence-corrected chi connectivity index (χ4v) is 4.40. The number of nitrogens with zero attached hydrogens (tertiary/aromatic N) is 2. The van der Waals surface area contributed by atoms with Crippen molar-refractivity contribution in [2.45, 2.75) is 14.7 Å². The molecular formula is C24H21BrF2N6O4S2. The number of sulfone groups is 1. The van der Waals surface area contributed by atoms with Gasteiger partial charge in [-0.1, -0.05) is 0 Å². The maximum atomic E-state index is 12.8. The van der Waals surface area contributed by atoms with Crippen LogP contribution >= 0.6 is 28.6 Å². The van der Waals surface area contributed by atoms with E-state index in [4.69, 9.17) is 22.9 Å². The number of halogens is 3. The number of hydrogen-bond donors (Lipinski definition) is 5. The third kappa shape index (κ3) is 9.01. The molecule has 39 heavy (non-hydrogen) atoms. The van der Waals surface area contributed by atoms with Crippen LogP contribution in [0.3, 0.4) is 0 Å². The third-order valence-corrected chi connectivity index (χ3v) is 6.97. The van der Waals surface area contributed by atoms with Crippen molar-refractivity contribution in [2.75, 3.05) is 11.5 Å². The van der Waals surface area contributed by atoms with Crippen LogP contribution < -0.4 is 22.9 Å². The van der Waals surface area contributed by atoms with Crippen LogP contribution in [0.15, 0.2) is 92.2 Å². The number of anilines is 2. The van der Waals surface area contributed by atoms with Crippen LogP contribution in [0.2, 0.25) is 0 Å². The van der Waals surface area contributed by atoms with Gasteiger partial charge in [0, 0.05) is 21.8 Å². The number of thiol groups is 1. The number of nitrogens with two attached hydrogens (primary N) is 4. The Balaban J connectivity index is 0.000000234. The molecule has 2 aromatic heterocycles. The van der Waals surface area contributed by atoms with Crippen molar-refractivity contribution in [1.29, 1.82) is 0 Å². The van der Waals surface area contributed by atoms with Crippen LogP contribution in [-0.2, 0) is 9.84 Å². The fourth-order valence-electron chi connectivity index (χ4n) is 2.67. The number of amides is 2. The molecule has 0 bridgehead atoms. The second kappa shape index (κ2) is 13.6. The van der Waals surface area contributed by atoms with E-state index in [0.717, 1.165) is 45.9 Å². The standard InChI is InChI=1S/C12H10FN3O3S.C6H6BrN3O.C6H5FS/c13-7-1-3-8(4-2-7)20(18,19)9-5-10(14)11(12(15)17)16-6-9;7-3-1-4(8)5(6(9)11)10-2-3;7-5-1-3-6(8)4-2-5/h1-6H,14H2,(H2,15,17);1-2H,8H2,(H2,9,11);1-4,8H. The number of rotatable bonds is 4. The van der Waals surface area contributed by atoms with Gasteiger partial charge in [0.2, 0.25) is 9.84 Å². The van der Waals surface area contributed by atoms with Gasteiger partial charge >= 0.3 is 0 Å². The molecular weight excluding hydrogens is 618 g/mol. The highest BCUT2D eigenvalue weighted by atomic mass is 79.9. The van der Waals surface area contributed by atoms with Gasteiger partial charge in [0.1, 0.15) is 11.6 Å². The topological polar surface area (TPSA) is 198 Å². The predicted molar refractivity (Wildman–Crippen MR) is 148 cm³/mol. The summed E-state index contributed by atoms with van der Waals surface area (Å²) in [5.41, 5.74) is 21.0. The molecule has 2 heterocycles. The smallest absolute Gasteiger partial charge is 0.269 e. The number of carbonyl (C=O) groups is 2. The normalized spacial score (nSPS) is 10.4. The van der Waals surface area contributed by atoms with Gasteiger partial charge in [-0.3, -0.25) is 9.59 Å². The first kappa shape index (κ1) is 31.1. The highest BCUT2D eigenvalue weighted by molar-refractivity contribution is 9.10. The molecule has 0 aliphatic rings. The molecule has 0 radical (unpaired) electrons. The zero-order valence-corrected chi connectivity index (χ0v) is 23.1. The molecule has 0 unspecified atom stereocenters. The van der Waals surface area contributed by atoms with Gasteiger partial charge in [0.15, 0.2) is 11.4 Å². The first-order valence-corrected chi connectivity index (χ1v) is 13.2. The maximum absolute atomic E-state index is 12.8. The van der Waals surface area contributed by atoms with E-state index in [2.05, 4.69) is 38.5 Å². The summed E-state index contributed by atoms with van der Waals surface area (Å²) in [6.07, 6.45) is 2.45. The zero-order chi connectivity index (χ0) is 29.3. The lowest BCUT2D eigenvalue weighted by atomic mass is 10.3. The van der Waals surface area contributed by atoms with Gasteiger partial charge in [-0.15, -0.1) is 12.6 Å². The Morgan fingerprint density at radius 3 is 1.59 bits per heavy atom. The summed E-state index contributed by atoms with van der Waals surface area (Å²) < 4.78 is 50.1. The van der Waals surface area contributed by atoms with Crippen molar-refractivity contribution in [2.24, 2.45) is 11.5 Å². The molecule has 2 amide bonds. The number of carbonyl (C=O) groups excluding carboxylic acids is 2. The number of aromatic nitrogens is 2.